The molecule has 8 N–H and O–H groups in total. The molecule has 0 radical (unpaired) electrons. The molecule has 0 aliphatic rings. The number of aryl methyl sites for hydroxylation is 1. The molecule has 0 aromatic heterocycles. The summed E-state index contributed by atoms with van der Waals surface area (Å²) in [4.78, 5) is 0.220. The molecule has 46 heavy (non-hydrogen) atoms. The standard InChI is InChI=1S/C8H11NO4S.2C7H9NO2S.C6H7NO2S/c1-12-6-4-3-5-7(8(6)13-2)14(9,10)11;1-6-2-4-7(5-3-6)11(8,9)10;8-11(9,10)6-7-4-2-1-3-5-7;7-10(8,9)6-4-2-1-3-5-6/h3-5H,1-2H3,(H2,9,10,11);2-5H,1H3,(H2,8,9,10);1-5H,6H2,(H2,8,9,10);1-5H,(H2,7,8,9). The van der Waals surface area contributed by atoms with E-state index in [1.807, 2.05) is 13.0 Å². The summed E-state index contributed by atoms with van der Waals surface area (Å²) in [5.74, 6) is 0.366. The van der Waals surface area contributed by atoms with Gasteiger partial charge < -0.3 is 9.47 Å². The van der Waals surface area contributed by atoms with Gasteiger partial charge in [-0.3, -0.25) is 0 Å². The van der Waals surface area contributed by atoms with Crippen LogP contribution in [0.4, 0.5) is 0 Å². The maximum atomic E-state index is 11.1. The van der Waals surface area contributed by atoms with E-state index in [1.165, 1.54) is 50.6 Å². The lowest BCUT2D eigenvalue weighted by Crippen LogP contribution is -2.14. The third-order valence-electron chi connectivity index (χ3n) is 5.31. The van der Waals surface area contributed by atoms with Gasteiger partial charge in [0.1, 0.15) is 4.90 Å². The number of hydrogen-bond donors (Lipinski definition) is 4. The fourth-order valence-corrected chi connectivity index (χ4v) is 5.65. The number of rotatable bonds is 7. The average molecular weight is 717 g/mol. The summed E-state index contributed by atoms with van der Waals surface area (Å²) in [6.07, 6.45) is 0. The van der Waals surface area contributed by atoms with Gasteiger partial charge in [-0.25, -0.2) is 54.2 Å². The molecule has 4 aromatic rings. The first-order valence-corrected chi connectivity index (χ1v) is 19.0. The summed E-state index contributed by atoms with van der Waals surface area (Å²) in [6, 6.07) is 27.6. The first-order chi connectivity index (χ1) is 21.2. The quantitative estimate of drug-likeness (QED) is 0.216. The fourth-order valence-electron chi connectivity index (χ4n) is 3.23. The lowest BCUT2D eigenvalue weighted by molar-refractivity contribution is 0.347. The Morgan fingerprint density at radius 3 is 1.35 bits per heavy atom. The Morgan fingerprint density at radius 2 is 0.978 bits per heavy atom. The molecule has 0 atom stereocenters. The maximum Gasteiger partial charge on any atom is 0.241 e. The van der Waals surface area contributed by atoms with Gasteiger partial charge >= 0.3 is 0 Å². The van der Waals surface area contributed by atoms with Crippen LogP contribution in [0.3, 0.4) is 0 Å². The molecule has 252 valence electrons. The highest BCUT2D eigenvalue weighted by Crippen LogP contribution is 2.32. The van der Waals surface area contributed by atoms with Gasteiger partial charge in [-0.15, -0.1) is 0 Å². The van der Waals surface area contributed by atoms with Crippen molar-refractivity contribution >= 4 is 40.1 Å². The van der Waals surface area contributed by atoms with E-state index in [2.05, 4.69) is 0 Å². The van der Waals surface area contributed by atoms with Gasteiger partial charge in [-0.05, 0) is 48.9 Å². The molecule has 0 amide bonds. The number of methoxy groups -OCH3 is 2. The topological polar surface area (TPSA) is 259 Å². The van der Waals surface area contributed by atoms with Gasteiger partial charge in [-0.2, -0.15) is 0 Å². The molecule has 0 fully saturated rings. The zero-order valence-electron chi connectivity index (χ0n) is 25.0. The Hall–Kier alpha value is -3.88. The van der Waals surface area contributed by atoms with E-state index in [-0.39, 0.29) is 26.2 Å². The molecule has 0 bridgehead atoms. The third kappa shape index (κ3) is 15.4. The summed E-state index contributed by atoms with van der Waals surface area (Å²) < 4.78 is 95.9. The summed E-state index contributed by atoms with van der Waals surface area (Å²) in [5.41, 5.74) is 1.73. The minimum Gasteiger partial charge on any atom is -0.493 e. The maximum absolute atomic E-state index is 11.1. The zero-order valence-corrected chi connectivity index (χ0v) is 28.3. The second kappa shape index (κ2) is 17.7. The number of primary sulfonamides is 4. The van der Waals surface area contributed by atoms with Crippen molar-refractivity contribution in [3.8, 4) is 11.5 Å². The molecule has 0 saturated heterocycles. The SMILES string of the molecule is COc1cccc(S(N)(=O)=O)c1OC.Cc1ccc(S(N)(=O)=O)cc1.NS(=O)(=O)Cc1ccccc1.NS(=O)(=O)c1ccccc1. The second-order valence-electron chi connectivity index (χ2n) is 9.05. The van der Waals surface area contributed by atoms with E-state index in [9.17, 15) is 33.7 Å². The van der Waals surface area contributed by atoms with Gasteiger partial charge in [0.05, 0.1) is 29.8 Å². The van der Waals surface area contributed by atoms with Crippen molar-refractivity contribution in [2.45, 2.75) is 27.4 Å². The van der Waals surface area contributed by atoms with Crippen LogP contribution < -0.4 is 30.0 Å². The van der Waals surface area contributed by atoms with E-state index in [4.69, 9.17) is 30.0 Å². The fraction of sp³-hybridized carbons (Fsp3) is 0.143. The van der Waals surface area contributed by atoms with Crippen molar-refractivity contribution in [3.05, 3.63) is 114 Å². The minimum atomic E-state index is -3.78. The van der Waals surface area contributed by atoms with E-state index < -0.39 is 40.1 Å². The van der Waals surface area contributed by atoms with Crippen LogP contribution in [0.1, 0.15) is 11.1 Å². The van der Waals surface area contributed by atoms with Crippen LogP contribution in [-0.2, 0) is 45.8 Å². The normalized spacial score (nSPS) is 11.3. The lowest BCUT2D eigenvalue weighted by atomic mass is 10.2. The molecule has 0 saturated carbocycles. The molecule has 0 heterocycles. The average Bonchev–Trinajstić information content (AvgIpc) is 2.97. The predicted molar refractivity (Wildman–Crippen MR) is 175 cm³/mol. The predicted octanol–water partition coefficient (Wildman–Crippen LogP) is 1.80. The second-order valence-corrected chi connectivity index (χ2v) is 15.3. The van der Waals surface area contributed by atoms with Gasteiger partial charge in [0, 0.05) is 0 Å². The van der Waals surface area contributed by atoms with E-state index in [1.54, 1.807) is 60.7 Å². The Morgan fingerprint density at radius 1 is 0.522 bits per heavy atom. The molecule has 0 aliphatic heterocycles. The first-order valence-electron chi connectivity index (χ1n) is 12.6. The van der Waals surface area contributed by atoms with Crippen LogP contribution in [0.2, 0.25) is 0 Å². The van der Waals surface area contributed by atoms with Crippen molar-refractivity contribution < 1.29 is 43.1 Å². The van der Waals surface area contributed by atoms with Gasteiger partial charge in [-0.1, -0.05) is 72.3 Å². The molecule has 0 spiro atoms. The van der Waals surface area contributed by atoms with Crippen LogP contribution in [0.25, 0.3) is 0 Å². The first kappa shape index (κ1) is 40.1. The Labute approximate surface area is 270 Å². The van der Waals surface area contributed by atoms with Crippen LogP contribution >= 0.6 is 0 Å². The third-order valence-corrected chi connectivity index (χ3v) is 8.83. The number of para-hydroxylation sites is 1. The minimum absolute atomic E-state index is 0.0839. The summed E-state index contributed by atoms with van der Waals surface area (Å²) in [6.45, 7) is 1.88. The number of benzene rings is 4. The monoisotopic (exact) mass is 716 g/mol. The molecular formula is C28H36N4O10S4. The molecular weight excluding hydrogens is 681 g/mol. The number of nitrogens with two attached hydrogens (primary N) is 4. The van der Waals surface area contributed by atoms with Crippen LogP contribution in [0, 0.1) is 6.92 Å². The Balaban J connectivity index is 0.000000309. The molecule has 4 rings (SSSR count). The summed E-state index contributed by atoms with van der Waals surface area (Å²) in [5, 5.41) is 19.5. The smallest absolute Gasteiger partial charge is 0.241 e. The number of hydrogen-bond acceptors (Lipinski definition) is 10. The molecule has 4 aromatic carbocycles. The van der Waals surface area contributed by atoms with Crippen LogP contribution in [-0.4, -0.2) is 47.9 Å². The molecule has 14 nitrogen and oxygen atoms in total. The van der Waals surface area contributed by atoms with Crippen LogP contribution in [0.5, 0.6) is 11.5 Å². The van der Waals surface area contributed by atoms with Gasteiger partial charge in [0.15, 0.2) is 11.5 Å². The van der Waals surface area contributed by atoms with Crippen molar-refractivity contribution in [2.75, 3.05) is 14.2 Å². The highest BCUT2D eigenvalue weighted by molar-refractivity contribution is 7.89. The number of sulfonamides is 4. The van der Waals surface area contributed by atoms with Gasteiger partial charge in [0.25, 0.3) is 0 Å². The van der Waals surface area contributed by atoms with Crippen molar-refractivity contribution in [1.82, 2.24) is 0 Å². The van der Waals surface area contributed by atoms with Crippen molar-refractivity contribution in [1.29, 1.82) is 0 Å². The van der Waals surface area contributed by atoms with Gasteiger partial charge in [0.2, 0.25) is 40.1 Å². The van der Waals surface area contributed by atoms with Crippen molar-refractivity contribution in [2.24, 2.45) is 20.6 Å². The number of ether oxygens (including phenoxy) is 2. The highest BCUT2D eigenvalue weighted by atomic mass is 32.2. The van der Waals surface area contributed by atoms with Crippen LogP contribution in [0.15, 0.2) is 118 Å². The highest BCUT2D eigenvalue weighted by Gasteiger charge is 2.18. The lowest BCUT2D eigenvalue weighted by Gasteiger charge is -2.10. The largest absolute Gasteiger partial charge is 0.493 e. The molecule has 0 unspecified atom stereocenters. The van der Waals surface area contributed by atoms with E-state index in [0.717, 1.165) is 11.1 Å². The van der Waals surface area contributed by atoms with E-state index in [0.29, 0.717) is 5.75 Å². The summed E-state index contributed by atoms with van der Waals surface area (Å²) in [7, 11) is -11.4. The molecule has 0 aliphatic carbocycles. The van der Waals surface area contributed by atoms with E-state index >= 15 is 0 Å². The summed E-state index contributed by atoms with van der Waals surface area (Å²) >= 11 is 0. The zero-order chi connectivity index (χ0) is 35.2. The Bertz CT molecular complexity index is 1970. The molecule has 18 heteroatoms. The van der Waals surface area contributed by atoms with Crippen molar-refractivity contribution in [3.63, 3.8) is 0 Å². The Kier molecular flexibility index (Phi) is 15.5.